The van der Waals surface area contributed by atoms with Crippen molar-refractivity contribution < 1.29 is 26.3 Å². The highest BCUT2D eigenvalue weighted by atomic mass is 35.5. The summed E-state index contributed by atoms with van der Waals surface area (Å²) in [6.45, 7) is 0.975. The number of hydrogen-bond acceptors (Lipinski definition) is 6. The molecule has 8 nitrogen and oxygen atoms in total. The molecular weight excluding hydrogens is 531 g/mol. The quantitative estimate of drug-likeness (QED) is 0.345. The maximum atomic E-state index is 12.9. The van der Waals surface area contributed by atoms with Crippen molar-refractivity contribution in [3.8, 4) is 17.0 Å². The molecule has 0 saturated carbocycles. The van der Waals surface area contributed by atoms with Crippen LogP contribution in [-0.2, 0) is 10.0 Å². The maximum Gasteiger partial charge on any atom is 0.573 e. The SMILES string of the molecule is O=S(=O)(NC1CCN(c2ncnc3[nH]c(-c4ccc(Cl)cc4)cc23)CC1)c1ccccc1OC(F)(F)F. The van der Waals surface area contributed by atoms with Crippen molar-refractivity contribution in [1.82, 2.24) is 19.7 Å². The van der Waals surface area contributed by atoms with E-state index < -0.39 is 33.1 Å². The largest absolute Gasteiger partial charge is 0.573 e. The lowest BCUT2D eigenvalue weighted by Gasteiger charge is -2.33. The van der Waals surface area contributed by atoms with Crippen LogP contribution in [0.3, 0.4) is 0 Å². The number of aromatic nitrogens is 3. The van der Waals surface area contributed by atoms with E-state index in [2.05, 4.69) is 24.4 Å². The van der Waals surface area contributed by atoms with E-state index in [0.29, 0.717) is 42.4 Å². The first kappa shape index (κ1) is 25.3. The molecule has 0 atom stereocenters. The van der Waals surface area contributed by atoms with Gasteiger partial charge in [0.05, 0.1) is 5.39 Å². The summed E-state index contributed by atoms with van der Waals surface area (Å²) >= 11 is 5.99. The van der Waals surface area contributed by atoms with Crippen molar-refractivity contribution in [3.63, 3.8) is 0 Å². The number of aromatic amines is 1. The van der Waals surface area contributed by atoms with Gasteiger partial charge < -0.3 is 14.6 Å². The summed E-state index contributed by atoms with van der Waals surface area (Å²) < 4.78 is 70.4. The molecule has 0 spiro atoms. The third-order valence-electron chi connectivity index (χ3n) is 6.04. The lowest BCUT2D eigenvalue weighted by Crippen LogP contribution is -2.45. The van der Waals surface area contributed by atoms with Gasteiger partial charge in [-0.1, -0.05) is 35.9 Å². The standard InChI is InChI=1S/C24H21ClF3N5O3S/c25-16-7-5-15(6-8-16)19-13-18-22(31-19)29-14-30-23(18)33-11-9-17(10-12-33)32-37(34,35)21-4-2-1-3-20(21)36-24(26,27)28/h1-8,13-14,17,32H,9-12H2,(H,29,30,31). The summed E-state index contributed by atoms with van der Waals surface area (Å²) in [6, 6.07) is 13.6. The molecule has 1 aliphatic rings. The number of benzene rings is 2. The van der Waals surface area contributed by atoms with Crippen molar-refractivity contribution in [3.05, 3.63) is 65.9 Å². The predicted octanol–water partition coefficient (Wildman–Crippen LogP) is 5.12. The van der Waals surface area contributed by atoms with Gasteiger partial charge in [0.25, 0.3) is 0 Å². The number of piperidine rings is 1. The molecule has 0 amide bonds. The first-order valence-electron chi connectivity index (χ1n) is 11.3. The van der Waals surface area contributed by atoms with Gasteiger partial charge in [-0.05, 0) is 48.7 Å². The Morgan fingerprint density at radius 3 is 2.46 bits per heavy atom. The highest BCUT2D eigenvalue weighted by molar-refractivity contribution is 7.89. The van der Waals surface area contributed by atoms with Gasteiger partial charge in [0.1, 0.15) is 28.4 Å². The van der Waals surface area contributed by atoms with E-state index in [9.17, 15) is 21.6 Å². The Morgan fingerprint density at radius 2 is 1.76 bits per heavy atom. The van der Waals surface area contributed by atoms with Crippen LogP contribution in [0.4, 0.5) is 19.0 Å². The number of fused-ring (bicyclic) bond motifs is 1. The molecule has 0 bridgehead atoms. The summed E-state index contributed by atoms with van der Waals surface area (Å²) in [5, 5.41) is 1.46. The second kappa shape index (κ2) is 9.84. The smallest absolute Gasteiger partial charge is 0.404 e. The molecule has 2 aromatic heterocycles. The molecule has 0 radical (unpaired) electrons. The molecule has 1 fully saturated rings. The Morgan fingerprint density at radius 1 is 1.05 bits per heavy atom. The Labute approximate surface area is 215 Å². The minimum absolute atomic E-state index is 0.432. The summed E-state index contributed by atoms with van der Waals surface area (Å²) in [5.74, 6) is -0.0565. The number of anilines is 1. The topological polar surface area (TPSA) is 100 Å². The molecule has 2 aromatic carbocycles. The predicted molar refractivity (Wildman–Crippen MR) is 133 cm³/mol. The zero-order valence-corrected chi connectivity index (χ0v) is 20.7. The summed E-state index contributed by atoms with van der Waals surface area (Å²) in [5.41, 5.74) is 2.46. The normalized spacial score (nSPS) is 15.3. The second-order valence-corrected chi connectivity index (χ2v) is 10.6. The first-order chi connectivity index (χ1) is 17.6. The number of rotatable bonds is 6. The number of halogens is 4. The second-order valence-electron chi connectivity index (χ2n) is 8.53. The molecule has 5 rings (SSSR count). The number of alkyl halides is 3. The van der Waals surface area contributed by atoms with E-state index in [4.69, 9.17) is 11.6 Å². The Bertz CT molecular complexity index is 1520. The Hall–Kier alpha value is -3.35. The van der Waals surface area contributed by atoms with Gasteiger partial charge in [0, 0.05) is 29.8 Å². The summed E-state index contributed by atoms with van der Waals surface area (Å²) in [6.07, 6.45) is -2.68. The number of sulfonamides is 1. The molecule has 1 saturated heterocycles. The van der Waals surface area contributed by atoms with Crippen molar-refractivity contribution in [2.24, 2.45) is 0 Å². The van der Waals surface area contributed by atoms with E-state index >= 15 is 0 Å². The highest BCUT2D eigenvalue weighted by Crippen LogP contribution is 2.32. The number of nitrogens with one attached hydrogen (secondary N) is 2. The van der Waals surface area contributed by atoms with Crippen LogP contribution < -0.4 is 14.4 Å². The average Bonchev–Trinajstić information content (AvgIpc) is 3.29. The van der Waals surface area contributed by atoms with Crippen molar-refractivity contribution in [2.75, 3.05) is 18.0 Å². The van der Waals surface area contributed by atoms with Gasteiger partial charge in [-0.25, -0.2) is 23.1 Å². The Kier molecular flexibility index (Phi) is 6.73. The third kappa shape index (κ3) is 5.65. The molecule has 194 valence electrons. The fourth-order valence-electron chi connectivity index (χ4n) is 4.34. The van der Waals surface area contributed by atoms with Crippen LogP contribution in [0.15, 0.2) is 65.8 Å². The molecule has 37 heavy (non-hydrogen) atoms. The van der Waals surface area contributed by atoms with Crippen molar-refractivity contribution in [2.45, 2.75) is 30.1 Å². The average molecular weight is 552 g/mol. The van der Waals surface area contributed by atoms with Crippen molar-refractivity contribution >= 4 is 38.5 Å². The summed E-state index contributed by atoms with van der Waals surface area (Å²) in [7, 11) is -4.24. The van der Waals surface area contributed by atoms with Crippen LogP contribution in [0.25, 0.3) is 22.3 Å². The molecule has 1 aliphatic heterocycles. The van der Waals surface area contributed by atoms with Crippen molar-refractivity contribution in [1.29, 1.82) is 0 Å². The van der Waals surface area contributed by atoms with E-state index in [-0.39, 0.29) is 0 Å². The van der Waals surface area contributed by atoms with Gasteiger partial charge in [0.15, 0.2) is 0 Å². The highest BCUT2D eigenvalue weighted by Gasteiger charge is 2.35. The van der Waals surface area contributed by atoms with E-state index in [1.165, 1.54) is 18.5 Å². The van der Waals surface area contributed by atoms with Gasteiger partial charge in [0.2, 0.25) is 10.0 Å². The fraction of sp³-hybridized carbons (Fsp3) is 0.250. The van der Waals surface area contributed by atoms with Gasteiger partial charge >= 0.3 is 6.36 Å². The van der Waals surface area contributed by atoms with Crippen LogP contribution in [0.5, 0.6) is 5.75 Å². The van der Waals surface area contributed by atoms with Gasteiger partial charge in [-0.15, -0.1) is 13.2 Å². The number of ether oxygens (including phenoxy) is 1. The zero-order valence-electron chi connectivity index (χ0n) is 19.2. The number of nitrogens with zero attached hydrogens (tertiary/aromatic N) is 3. The monoisotopic (exact) mass is 551 g/mol. The molecule has 0 unspecified atom stereocenters. The molecule has 0 aliphatic carbocycles. The number of H-pyrrole nitrogens is 1. The number of hydrogen-bond donors (Lipinski definition) is 2. The molecular formula is C24H21ClF3N5O3S. The van der Waals surface area contributed by atoms with Gasteiger partial charge in [-0.2, -0.15) is 0 Å². The molecule has 2 N–H and O–H groups in total. The molecule has 3 heterocycles. The lowest BCUT2D eigenvalue weighted by atomic mass is 10.1. The number of para-hydroxylation sites is 1. The molecule has 13 heteroatoms. The minimum atomic E-state index is -5.01. The third-order valence-corrected chi connectivity index (χ3v) is 7.85. The fourth-order valence-corrected chi connectivity index (χ4v) is 5.90. The van der Waals surface area contributed by atoms with E-state index in [1.807, 2.05) is 23.1 Å². The Balaban J connectivity index is 1.30. The van der Waals surface area contributed by atoms with E-state index in [0.717, 1.165) is 28.8 Å². The van der Waals surface area contributed by atoms with Crippen LogP contribution in [0, 0.1) is 0 Å². The van der Waals surface area contributed by atoms with Crippen LogP contribution in [0.2, 0.25) is 5.02 Å². The molecule has 4 aromatic rings. The van der Waals surface area contributed by atoms with Gasteiger partial charge in [-0.3, -0.25) is 0 Å². The van der Waals surface area contributed by atoms with Crippen LogP contribution in [0.1, 0.15) is 12.8 Å². The lowest BCUT2D eigenvalue weighted by molar-refractivity contribution is -0.275. The van der Waals surface area contributed by atoms with Crippen LogP contribution >= 0.6 is 11.6 Å². The first-order valence-corrected chi connectivity index (χ1v) is 13.2. The van der Waals surface area contributed by atoms with Crippen LogP contribution in [-0.4, -0.2) is 48.9 Å². The maximum absolute atomic E-state index is 12.9. The summed E-state index contributed by atoms with van der Waals surface area (Å²) in [4.78, 5) is 13.5. The minimum Gasteiger partial charge on any atom is -0.404 e. The zero-order chi connectivity index (χ0) is 26.2. The van der Waals surface area contributed by atoms with E-state index in [1.54, 1.807) is 12.1 Å².